The minimum atomic E-state index is -3.66. The van der Waals surface area contributed by atoms with Crippen LogP contribution in [0, 0.1) is 13.8 Å². The molecule has 3 aromatic rings. The second-order valence-corrected chi connectivity index (χ2v) is 8.91. The van der Waals surface area contributed by atoms with E-state index in [0.29, 0.717) is 16.9 Å². The first-order chi connectivity index (χ1) is 14.9. The van der Waals surface area contributed by atoms with Crippen molar-refractivity contribution in [2.75, 3.05) is 13.1 Å². The molecule has 0 aliphatic rings. The topological polar surface area (TPSA) is 84.5 Å². The summed E-state index contributed by atoms with van der Waals surface area (Å²) in [7, 11) is -3.66. The number of hydrogen-bond donors (Lipinski definition) is 2. The van der Waals surface area contributed by atoms with Crippen molar-refractivity contribution >= 4 is 15.9 Å². The van der Waals surface area contributed by atoms with Crippen LogP contribution in [-0.4, -0.2) is 27.4 Å². The highest BCUT2D eigenvalue weighted by atomic mass is 32.2. The molecule has 2 N–H and O–H groups in total. The summed E-state index contributed by atoms with van der Waals surface area (Å²) >= 11 is 0. The van der Waals surface area contributed by atoms with E-state index in [-0.39, 0.29) is 23.9 Å². The Morgan fingerprint density at radius 2 is 1.55 bits per heavy atom. The van der Waals surface area contributed by atoms with Crippen molar-refractivity contribution in [3.63, 3.8) is 0 Å². The number of sulfonamides is 1. The molecule has 0 heterocycles. The molecule has 1 atom stereocenters. The first kappa shape index (κ1) is 22.5. The predicted octanol–water partition coefficient (Wildman–Crippen LogP) is 3.52. The normalized spacial score (nSPS) is 12.2. The van der Waals surface area contributed by atoms with Gasteiger partial charge in [-0.3, -0.25) is 4.79 Å². The fourth-order valence-electron chi connectivity index (χ4n) is 3.07. The van der Waals surface area contributed by atoms with Crippen molar-refractivity contribution < 1.29 is 17.9 Å². The Labute approximate surface area is 183 Å². The molecule has 1 unspecified atom stereocenters. The molecule has 0 radical (unpaired) electrons. The summed E-state index contributed by atoms with van der Waals surface area (Å²) in [4.78, 5) is 13.1. The lowest BCUT2D eigenvalue weighted by Gasteiger charge is -2.19. The lowest BCUT2D eigenvalue weighted by Crippen LogP contribution is -2.38. The third-order valence-electron chi connectivity index (χ3n) is 4.69. The molecule has 0 saturated carbocycles. The van der Waals surface area contributed by atoms with E-state index in [1.54, 1.807) is 31.2 Å². The molecule has 0 saturated heterocycles. The van der Waals surface area contributed by atoms with Gasteiger partial charge in [0.15, 0.2) is 0 Å². The van der Waals surface area contributed by atoms with Crippen LogP contribution in [0.15, 0.2) is 83.8 Å². The summed E-state index contributed by atoms with van der Waals surface area (Å²) in [5.41, 5.74) is 2.24. The maximum absolute atomic E-state index is 12.8. The molecule has 162 valence electrons. The van der Waals surface area contributed by atoms with Crippen molar-refractivity contribution in [2.24, 2.45) is 0 Å². The van der Waals surface area contributed by atoms with Crippen molar-refractivity contribution in [1.29, 1.82) is 0 Å². The van der Waals surface area contributed by atoms with Crippen molar-refractivity contribution in [1.82, 2.24) is 10.0 Å². The molecule has 0 aliphatic heterocycles. The zero-order valence-electron chi connectivity index (χ0n) is 17.5. The lowest BCUT2D eigenvalue weighted by atomic mass is 10.1. The summed E-state index contributed by atoms with van der Waals surface area (Å²) in [6, 6.07) is 23.5. The van der Waals surface area contributed by atoms with Gasteiger partial charge in [0.05, 0.1) is 4.90 Å². The zero-order valence-corrected chi connectivity index (χ0v) is 18.4. The monoisotopic (exact) mass is 438 g/mol. The Morgan fingerprint density at radius 3 is 2.23 bits per heavy atom. The van der Waals surface area contributed by atoms with E-state index in [0.717, 1.165) is 5.56 Å². The second kappa shape index (κ2) is 10.2. The van der Waals surface area contributed by atoms with Crippen molar-refractivity contribution in [2.45, 2.75) is 24.8 Å². The summed E-state index contributed by atoms with van der Waals surface area (Å²) < 4.78 is 33.6. The zero-order chi connectivity index (χ0) is 22.3. The minimum absolute atomic E-state index is 0.0638. The van der Waals surface area contributed by atoms with Crippen LogP contribution < -0.4 is 14.8 Å². The maximum Gasteiger partial charge on any atom is 0.265 e. The van der Waals surface area contributed by atoms with E-state index < -0.39 is 16.1 Å². The second-order valence-electron chi connectivity index (χ2n) is 7.18. The highest BCUT2D eigenvalue weighted by molar-refractivity contribution is 7.89. The van der Waals surface area contributed by atoms with Gasteiger partial charge in [-0.05, 0) is 43.2 Å². The number of benzene rings is 3. The van der Waals surface area contributed by atoms with Gasteiger partial charge in [0.1, 0.15) is 5.75 Å². The standard InChI is InChI=1S/C24H26N2O4S/c1-18-13-14-19(2)22(17-18)31(28,29)26-16-15-25-24(27)23(20-9-5-3-6-10-20)30-21-11-7-4-8-12-21/h3-14,17,23,26H,15-16H2,1-2H3,(H,25,27). The van der Waals surface area contributed by atoms with Crippen LogP contribution in [0.5, 0.6) is 5.75 Å². The fourth-order valence-corrected chi connectivity index (χ4v) is 4.43. The minimum Gasteiger partial charge on any atom is -0.476 e. The number of para-hydroxylation sites is 1. The molecular formula is C24H26N2O4S. The average Bonchev–Trinajstić information content (AvgIpc) is 2.78. The highest BCUT2D eigenvalue weighted by Gasteiger charge is 2.23. The summed E-state index contributed by atoms with van der Waals surface area (Å²) in [6.07, 6.45) is -0.848. The largest absolute Gasteiger partial charge is 0.476 e. The van der Waals surface area contributed by atoms with Crippen molar-refractivity contribution in [3.05, 3.63) is 95.6 Å². The molecule has 0 aliphatic carbocycles. The van der Waals surface area contributed by atoms with Crippen LogP contribution in [0.1, 0.15) is 22.8 Å². The Balaban J connectivity index is 1.62. The number of rotatable bonds is 9. The van der Waals surface area contributed by atoms with Crippen LogP contribution >= 0.6 is 0 Å². The van der Waals surface area contributed by atoms with Gasteiger partial charge in [0.25, 0.3) is 5.91 Å². The van der Waals surface area contributed by atoms with Crippen LogP contribution in [0.25, 0.3) is 0 Å². The molecule has 0 fully saturated rings. The molecule has 7 heteroatoms. The molecular weight excluding hydrogens is 412 g/mol. The summed E-state index contributed by atoms with van der Waals surface area (Å²) in [6.45, 7) is 3.79. The van der Waals surface area contributed by atoms with Crippen LogP contribution in [0.3, 0.4) is 0 Å². The average molecular weight is 439 g/mol. The Bertz CT molecular complexity index is 1120. The summed E-state index contributed by atoms with van der Waals surface area (Å²) in [5.74, 6) is 0.225. The number of ether oxygens (including phenoxy) is 1. The van der Waals surface area contributed by atoms with Gasteiger partial charge in [0.2, 0.25) is 16.1 Å². The number of amides is 1. The molecule has 3 aromatic carbocycles. The van der Waals surface area contributed by atoms with E-state index in [4.69, 9.17) is 4.74 Å². The third-order valence-corrected chi connectivity index (χ3v) is 6.29. The highest BCUT2D eigenvalue weighted by Crippen LogP contribution is 2.22. The fraction of sp³-hybridized carbons (Fsp3) is 0.208. The van der Waals surface area contributed by atoms with E-state index in [9.17, 15) is 13.2 Å². The number of carbonyl (C=O) groups excluding carboxylic acids is 1. The molecule has 3 rings (SSSR count). The van der Waals surface area contributed by atoms with Gasteiger partial charge in [-0.2, -0.15) is 0 Å². The van der Waals surface area contributed by atoms with Gasteiger partial charge < -0.3 is 10.1 Å². The smallest absolute Gasteiger partial charge is 0.265 e. The first-order valence-corrected chi connectivity index (χ1v) is 11.5. The molecule has 0 aromatic heterocycles. The van der Waals surface area contributed by atoms with Gasteiger partial charge in [-0.25, -0.2) is 13.1 Å². The van der Waals surface area contributed by atoms with E-state index in [1.807, 2.05) is 61.5 Å². The quantitative estimate of drug-likeness (QED) is 0.501. The molecule has 1 amide bonds. The first-order valence-electron chi connectivity index (χ1n) is 9.98. The van der Waals surface area contributed by atoms with Crippen molar-refractivity contribution in [3.8, 4) is 5.75 Å². The number of carbonyl (C=O) groups is 1. The molecule has 0 bridgehead atoms. The number of aryl methyl sites for hydroxylation is 2. The maximum atomic E-state index is 12.8. The van der Waals surface area contributed by atoms with Gasteiger partial charge in [-0.15, -0.1) is 0 Å². The molecule has 31 heavy (non-hydrogen) atoms. The molecule has 0 spiro atoms. The van der Waals surface area contributed by atoms with Crippen LogP contribution in [0.4, 0.5) is 0 Å². The number of hydrogen-bond acceptors (Lipinski definition) is 4. The van der Waals surface area contributed by atoms with Crippen LogP contribution in [0.2, 0.25) is 0 Å². The van der Waals surface area contributed by atoms with Crippen LogP contribution in [-0.2, 0) is 14.8 Å². The Hall–Kier alpha value is -3.16. The Morgan fingerprint density at radius 1 is 0.903 bits per heavy atom. The Kier molecular flexibility index (Phi) is 7.44. The predicted molar refractivity (Wildman–Crippen MR) is 120 cm³/mol. The van der Waals surface area contributed by atoms with E-state index in [1.165, 1.54) is 0 Å². The van der Waals surface area contributed by atoms with Gasteiger partial charge >= 0.3 is 0 Å². The third kappa shape index (κ3) is 6.16. The summed E-state index contributed by atoms with van der Waals surface area (Å²) in [5, 5.41) is 2.76. The number of nitrogens with one attached hydrogen (secondary N) is 2. The van der Waals surface area contributed by atoms with Gasteiger partial charge in [0, 0.05) is 18.7 Å². The van der Waals surface area contributed by atoms with E-state index >= 15 is 0 Å². The van der Waals surface area contributed by atoms with E-state index in [2.05, 4.69) is 10.0 Å². The molecule has 6 nitrogen and oxygen atoms in total. The SMILES string of the molecule is Cc1ccc(C)c(S(=O)(=O)NCCNC(=O)C(Oc2ccccc2)c2ccccc2)c1. The van der Waals surface area contributed by atoms with Gasteiger partial charge in [-0.1, -0.05) is 60.7 Å². The lowest BCUT2D eigenvalue weighted by molar-refractivity contribution is -0.128.